The molecule has 4 nitrogen and oxygen atoms in total. The molecule has 0 bridgehead atoms. The number of aromatic nitrogens is 2. The van der Waals surface area contributed by atoms with Gasteiger partial charge >= 0.3 is 0 Å². The van der Waals surface area contributed by atoms with Gasteiger partial charge in [-0.1, -0.05) is 72.8 Å². The Morgan fingerprint density at radius 1 is 0.549 bits per heavy atom. The standard InChI is InChI=1S/C47H36N4/c1-4-14-35(15-5-1)49(36-16-6-2-7-17-36)38-21-23-39(24-22-38)50(40-25-27-45-34(30-40)13-11-29-48-45)41-26-28-46-44(32-41)42-20-10-12-33-31-43(33)47(42)51(46)37-18-8-3-9-19-37/h1-19,21-30,32-33,43H,20,31H2. The maximum Gasteiger partial charge on any atom is 0.0703 e. The van der Waals surface area contributed by atoms with Crippen LogP contribution in [-0.2, 0) is 6.42 Å². The highest BCUT2D eigenvalue weighted by atomic mass is 15.2. The molecule has 0 amide bonds. The number of allylic oxidation sites excluding steroid dienone is 2. The summed E-state index contributed by atoms with van der Waals surface area (Å²) in [5, 5.41) is 2.44. The third-order valence-electron chi connectivity index (χ3n) is 10.5. The molecule has 2 unspecified atom stereocenters. The average molecular weight is 657 g/mol. The van der Waals surface area contributed by atoms with Gasteiger partial charge in [-0.05, 0) is 127 Å². The molecule has 2 heterocycles. The predicted molar refractivity (Wildman–Crippen MR) is 212 cm³/mol. The molecule has 0 spiro atoms. The third-order valence-corrected chi connectivity index (χ3v) is 10.5. The van der Waals surface area contributed by atoms with Crippen LogP contribution in [0.15, 0.2) is 182 Å². The van der Waals surface area contributed by atoms with Crippen LogP contribution in [0.2, 0.25) is 0 Å². The van der Waals surface area contributed by atoms with Crippen molar-refractivity contribution in [3.05, 3.63) is 193 Å². The summed E-state index contributed by atoms with van der Waals surface area (Å²) in [5.74, 6) is 1.22. The Labute approximate surface area is 298 Å². The number of fused-ring (bicyclic) bond motifs is 6. The maximum absolute atomic E-state index is 4.62. The summed E-state index contributed by atoms with van der Waals surface area (Å²) in [6.45, 7) is 0. The Morgan fingerprint density at radius 3 is 1.84 bits per heavy atom. The molecule has 10 rings (SSSR count). The van der Waals surface area contributed by atoms with Gasteiger partial charge in [-0.3, -0.25) is 4.98 Å². The zero-order chi connectivity index (χ0) is 33.7. The van der Waals surface area contributed by atoms with Gasteiger partial charge in [-0.15, -0.1) is 0 Å². The largest absolute Gasteiger partial charge is 0.313 e. The highest BCUT2D eigenvalue weighted by molar-refractivity contribution is 5.94. The van der Waals surface area contributed by atoms with Crippen molar-refractivity contribution < 1.29 is 0 Å². The van der Waals surface area contributed by atoms with E-state index in [0.717, 1.165) is 51.4 Å². The number of hydrogen-bond donors (Lipinski definition) is 0. The summed E-state index contributed by atoms with van der Waals surface area (Å²) < 4.78 is 2.54. The number of para-hydroxylation sites is 3. The quantitative estimate of drug-likeness (QED) is 0.160. The molecule has 1 fully saturated rings. The lowest BCUT2D eigenvalue weighted by molar-refractivity contribution is 0.902. The second kappa shape index (κ2) is 12.2. The lowest BCUT2D eigenvalue weighted by Crippen LogP contribution is -2.12. The van der Waals surface area contributed by atoms with Gasteiger partial charge in [0.1, 0.15) is 0 Å². The van der Waals surface area contributed by atoms with Crippen molar-refractivity contribution >= 4 is 55.9 Å². The molecule has 244 valence electrons. The van der Waals surface area contributed by atoms with E-state index in [4.69, 9.17) is 0 Å². The molecule has 2 aliphatic rings. The summed E-state index contributed by atoms with van der Waals surface area (Å²) >= 11 is 0. The number of pyridine rings is 1. The first-order valence-corrected chi connectivity index (χ1v) is 17.8. The van der Waals surface area contributed by atoms with E-state index in [9.17, 15) is 0 Å². The van der Waals surface area contributed by atoms with E-state index in [1.165, 1.54) is 34.3 Å². The van der Waals surface area contributed by atoms with Crippen molar-refractivity contribution in [2.45, 2.75) is 18.8 Å². The number of rotatable bonds is 7. The van der Waals surface area contributed by atoms with Crippen LogP contribution in [0.4, 0.5) is 34.1 Å². The first-order valence-electron chi connectivity index (χ1n) is 17.8. The molecule has 0 radical (unpaired) electrons. The van der Waals surface area contributed by atoms with Gasteiger partial charge in [-0.25, -0.2) is 0 Å². The van der Waals surface area contributed by atoms with Crippen LogP contribution in [0.5, 0.6) is 0 Å². The minimum atomic E-state index is 0.573. The Hall–Kier alpha value is -6.39. The van der Waals surface area contributed by atoms with Crippen molar-refractivity contribution in [2.24, 2.45) is 5.92 Å². The molecule has 51 heavy (non-hydrogen) atoms. The second-order valence-electron chi connectivity index (χ2n) is 13.6. The third kappa shape index (κ3) is 5.19. The van der Waals surface area contributed by atoms with Crippen molar-refractivity contribution in [2.75, 3.05) is 9.80 Å². The maximum atomic E-state index is 4.62. The molecule has 4 heteroatoms. The topological polar surface area (TPSA) is 24.3 Å². The summed E-state index contributed by atoms with van der Waals surface area (Å²) in [4.78, 5) is 9.32. The van der Waals surface area contributed by atoms with Crippen LogP contribution < -0.4 is 9.80 Å². The van der Waals surface area contributed by atoms with Crippen LogP contribution in [0.25, 0.3) is 27.5 Å². The molecule has 0 saturated heterocycles. The van der Waals surface area contributed by atoms with E-state index in [1.54, 1.807) is 0 Å². The highest BCUT2D eigenvalue weighted by Gasteiger charge is 2.42. The van der Waals surface area contributed by atoms with Gasteiger partial charge in [0, 0.05) is 68.4 Å². The molecule has 6 aromatic carbocycles. The van der Waals surface area contributed by atoms with Crippen molar-refractivity contribution in [3.63, 3.8) is 0 Å². The Kier molecular flexibility index (Phi) is 7.05. The Bertz CT molecular complexity index is 2500. The van der Waals surface area contributed by atoms with E-state index >= 15 is 0 Å². The van der Waals surface area contributed by atoms with E-state index in [1.807, 2.05) is 12.3 Å². The fourth-order valence-corrected chi connectivity index (χ4v) is 8.07. The summed E-state index contributed by atoms with van der Waals surface area (Å²) in [5.41, 5.74) is 13.1. The fraction of sp³-hybridized carbons (Fsp3) is 0.0851. The summed E-state index contributed by atoms with van der Waals surface area (Å²) in [6.07, 6.45) is 8.88. The van der Waals surface area contributed by atoms with Gasteiger partial charge in [0.05, 0.1) is 11.0 Å². The fourth-order valence-electron chi connectivity index (χ4n) is 8.07. The van der Waals surface area contributed by atoms with Crippen molar-refractivity contribution in [3.8, 4) is 5.69 Å². The minimum Gasteiger partial charge on any atom is -0.313 e. The summed E-state index contributed by atoms with van der Waals surface area (Å²) in [6, 6.07) is 58.8. The summed E-state index contributed by atoms with van der Waals surface area (Å²) in [7, 11) is 0. The van der Waals surface area contributed by atoms with Gasteiger partial charge in [-0.2, -0.15) is 0 Å². The predicted octanol–water partition coefficient (Wildman–Crippen LogP) is 12.3. The molecule has 8 aromatic rings. The number of anilines is 6. The minimum absolute atomic E-state index is 0.573. The zero-order valence-electron chi connectivity index (χ0n) is 28.2. The second-order valence-corrected chi connectivity index (χ2v) is 13.6. The van der Waals surface area contributed by atoms with Gasteiger partial charge in [0.15, 0.2) is 0 Å². The first kappa shape index (κ1) is 29.5. The van der Waals surface area contributed by atoms with E-state index < -0.39 is 0 Å². The molecular formula is C47H36N4. The molecule has 0 aliphatic heterocycles. The highest BCUT2D eigenvalue weighted by Crippen LogP contribution is 2.54. The monoisotopic (exact) mass is 656 g/mol. The first-order chi connectivity index (χ1) is 25.3. The van der Waals surface area contributed by atoms with Crippen LogP contribution in [0.3, 0.4) is 0 Å². The zero-order valence-corrected chi connectivity index (χ0v) is 28.2. The number of hydrogen-bond acceptors (Lipinski definition) is 3. The van der Waals surface area contributed by atoms with Gasteiger partial charge in [0.25, 0.3) is 0 Å². The number of nitrogens with zero attached hydrogens (tertiary/aromatic N) is 4. The smallest absolute Gasteiger partial charge is 0.0703 e. The molecule has 2 aromatic heterocycles. The van der Waals surface area contributed by atoms with Crippen LogP contribution >= 0.6 is 0 Å². The molecule has 1 saturated carbocycles. The van der Waals surface area contributed by atoms with Gasteiger partial charge < -0.3 is 14.4 Å². The van der Waals surface area contributed by atoms with Crippen LogP contribution in [0, 0.1) is 5.92 Å². The average Bonchev–Trinajstić information content (AvgIpc) is 3.92. The SMILES string of the molecule is C1=CC2CC2c2c(c3cc(N(c4ccc(N(c5ccccc5)c5ccccc5)cc4)c4ccc5ncccc5c4)ccc3n2-c2ccccc2)C1. The van der Waals surface area contributed by atoms with E-state index in [-0.39, 0.29) is 0 Å². The normalized spacial score (nSPS) is 16.0. The molecular weight excluding hydrogens is 621 g/mol. The van der Waals surface area contributed by atoms with Crippen LogP contribution in [-0.4, -0.2) is 9.55 Å². The molecule has 2 atom stereocenters. The molecule has 2 aliphatic carbocycles. The number of benzene rings is 6. The van der Waals surface area contributed by atoms with E-state index in [0.29, 0.717) is 11.8 Å². The Balaban J connectivity index is 1.14. The van der Waals surface area contributed by atoms with Crippen molar-refractivity contribution in [1.82, 2.24) is 9.55 Å². The van der Waals surface area contributed by atoms with Crippen LogP contribution in [0.1, 0.15) is 23.6 Å². The molecule has 0 N–H and O–H groups in total. The lowest BCUT2D eigenvalue weighted by atomic mass is 10.0. The lowest BCUT2D eigenvalue weighted by Gasteiger charge is -2.28. The van der Waals surface area contributed by atoms with E-state index in [2.05, 4.69) is 189 Å². The van der Waals surface area contributed by atoms with Gasteiger partial charge in [0.2, 0.25) is 0 Å². The van der Waals surface area contributed by atoms with Crippen molar-refractivity contribution in [1.29, 1.82) is 0 Å². The Morgan fingerprint density at radius 2 is 1.14 bits per heavy atom.